The average Bonchev–Trinajstić information content (AvgIpc) is 2.72. The van der Waals surface area contributed by atoms with E-state index in [0.717, 1.165) is 18.5 Å². The van der Waals surface area contributed by atoms with Crippen LogP contribution in [0.25, 0.3) is 0 Å². The maximum Gasteiger partial charge on any atom is 0.329 e. The molecule has 1 atom stereocenters. The van der Waals surface area contributed by atoms with E-state index in [1.54, 1.807) is 12.1 Å². The summed E-state index contributed by atoms with van der Waals surface area (Å²) in [5, 5.41) is 0. The number of carbonyl (C=O) groups is 1. The number of para-hydroxylation sites is 1. The second kappa shape index (κ2) is 9.70. The molecule has 0 amide bonds. The van der Waals surface area contributed by atoms with Gasteiger partial charge in [-0.15, -0.1) is 0 Å². The zero-order valence-electron chi connectivity index (χ0n) is 15.6. The standard InChI is InChI=1S/C24H25NO2/c1-25(18-17-20-11-5-2-6-12-20)23(19-21-13-7-3-8-14-21)24(26)27-22-15-9-4-10-16-22/h2-16,23H,17-19H2,1H3/t23-/m0/s1. The van der Waals surface area contributed by atoms with Crippen molar-refractivity contribution in [1.82, 2.24) is 4.90 Å². The second-order valence-electron chi connectivity index (χ2n) is 6.66. The molecule has 0 aliphatic heterocycles. The van der Waals surface area contributed by atoms with Gasteiger partial charge in [0.25, 0.3) is 0 Å². The first-order chi connectivity index (χ1) is 13.2. The molecule has 3 aromatic carbocycles. The van der Waals surface area contributed by atoms with E-state index in [4.69, 9.17) is 4.74 Å². The molecule has 3 heteroatoms. The minimum Gasteiger partial charge on any atom is -0.425 e. The maximum absolute atomic E-state index is 12.9. The van der Waals surface area contributed by atoms with Crippen molar-refractivity contribution in [3.05, 3.63) is 102 Å². The fourth-order valence-electron chi connectivity index (χ4n) is 3.04. The molecule has 0 fully saturated rings. The van der Waals surface area contributed by atoms with Crippen LogP contribution in [-0.4, -0.2) is 30.5 Å². The Kier molecular flexibility index (Phi) is 6.78. The Labute approximate surface area is 161 Å². The third-order valence-electron chi connectivity index (χ3n) is 4.63. The van der Waals surface area contributed by atoms with Crippen LogP contribution in [0, 0.1) is 0 Å². The van der Waals surface area contributed by atoms with Crippen LogP contribution in [0.15, 0.2) is 91.0 Å². The van der Waals surface area contributed by atoms with E-state index < -0.39 is 0 Å². The van der Waals surface area contributed by atoms with E-state index >= 15 is 0 Å². The Bertz CT molecular complexity index is 819. The van der Waals surface area contributed by atoms with Crippen molar-refractivity contribution in [2.24, 2.45) is 0 Å². The zero-order valence-corrected chi connectivity index (χ0v) is 15.6. The molecule has 0 aromatic heterocycles. The van der Waals surface area contributed by atoms with Crippen LogP contribution in [0.5, 0.6) is 5.75 Å². The van der Waals surface area contributed by atoms with Gasteiger partial charge < -0.3 is 4.74 Å². The SMILES string of the molecule is CN(CCc1ccccc1)[C@@H](Cc1ccccc1)C(=O)Oc1ccccc1. The maximum atomic E-state index is 12.9. The van der Waals surface area contributed by atoms with E-state index in [1.165, 1.54) is 5.56 Å². The molecule has 0 aliphatic carbocycles. The van der Waals surface area contributed by atoms with Crippen LogP contribution in [0.4, 0.5) is 0 Å². The van der Waals surface area contributed by atoms with Gasteiger partial charge in [0.1, 0.15) is 11.8 Å². The number of likely N-dealkylation sites (N-methyl/N-ethyl adjacent to an activating group) is 1. The van der Waals surface area contributed by atoms with Gasteiger partial charge in [0.2, 0.25) is 0 Å². The summed E-state index contributed by atoms with van der Waals surface area (Å²) in [5.74, 6) is 0.359. The minimum absolute atomic E-state index is 0.222. The van der Waals surface area contributed by atoms with Crippen LogP contribution in [0.2, 0.25) is 0 Å². The Morgan fingerprint density at radius 2 is 1.33 bits per heavy atom. The summed E-state index contributed by atoms with van der Waals surface area (Å²) in [5.41, 5.74) is 2.39. The molecule has 0 N–H and O–H groups in total. The monoisotopic (exact) mass is 359 g/mol. The summed E-state index contributed by atoms with van der Waals surface area (Å²) < 4.78 is 5.64. The molecule has 3 aromatic rings. The van der Waals surface area contributed by atoms with E-state index in [0.29, 0.717) is 12.2 Å². The Morgan fingerprint density at radius 1 is 0.815 bits per heavy atom. The topological polar surface area (TPSA) is 29.5 Å². The molecule has 0 radical (unpaired) electrons. The summed E-state index contributed by atoms with van der Waals surface area (Å²) in [6.07, 6.45) is 1.51. The van der Waals surface area contributed by atoms with Crippen LogP contribution < -0.4 is 4.74 Å². The number of esters is 1. The number of benzene rings is 3. The summed E-state index contributed by atoms with van der Waals surface area (Å²) in [6, 6.07) is 29.3. The highest BCUT2D eigenvalue weighted by atomic mass is 16.5. The zero-order chi connectivity index (χ0) is 18.9. The van der Waals surface area contributed by atoms with E-state index in [9.17, 15) is 4.79 Å². The number of ether oxygens (including phenoxy) is 1. The third-order valence-corrected chi connectivity index (χ3v) is 4.63. The number of rotatable bonds is 8. The smallest absolute Gasteiger partial charge is 0.329 e. The van der Waals surface area contributed by atoms with Crippen molar-refractivity contribution < 1.29 is 9.53 Å². The molecule has 0 saturated heterocycles. The van der Waals surface area contributed by atoms with Gasteiger partial charge in [-0.1, -0.05) is 78.9 Å². The molecular weight excluding hydrogens is 334 g/mol. The van der Waals surface area contributed by atoms with Crippen molar-refractivity contribution in [3.63, 3.8) is 0 Å². The summed E-state index contributed by atoms with van der Waals surface area (Å²) in [4.78, 5) is 15.0. The highest BCUT2D eigenvalue weighted by Gasteiger charge is 2.25. The predicted molar refractivity (Wildman–Crippen MR) is 109 cm³/mol. The van der Waals surface area contributed by atoms with E-state index in [-0.39, 0.29) is 12.0 Å². The Balaban J connectivity index is 1.70. The molecule has 0 unspecified atom stereocenters. The fraction of sp³-hybridized carbons (Fsp3) is 0.208. The highest BCUT2D eigenvalue weighted by molar-refractivity contribution is 5.78. The van der Waals surface area contributed by atoms with Gasteiger partial charge in [-0.3, -0.25) is 4.90 Å². The van der Waals surface area contributed by atoms with Crippen LogP contribution in [-0.2, 0) is 17.6 Å². The van der Waals surface area contributed by atoms with Gasteiger partial charge in [0.15, 0.2) is 0 Å². The van der Waals surface area contributed by atoms with Gasteiger partial charge in [0.05, 0.1) is 0 Å². The average molecular weight is 359 g/mol. The lowest BCUT2D eigenvalue weighted by Gasteiger charge is -2.26. The first-order valence-corrected chi connectivity index (χ1v) is 9.27. The first kappa shape index (κ1) is 18.9. The van der Waals surface area contributed by atoms with Crippen molar-refractivity contribution in [1.29, 1.82) is 0 Å². The molecule has 0 saturated carbocycles. The van der Waals surface area contributed by atoms with Gasteiger partial charge in [-0.2, -0.15) is 0 Å². The molecule has 138 valence electrons. The second-order valence-corrected chi connectivity index (χ2v) is 6.66. The molecule has 3 rings (SSSR count). The lowest BCUT2D eigenvalue weighted by atomic mass is 10.0. The van der Waals surface area contributed by atoms with Gasteiger partial charge >= 0.3 is 5.97 Å². The lowest BCUT2D eigenvalue weighted by molar-refractivity contribution is -0.140. The van der Waals surface area contributed by atoms with Crippen LogP contribution >= 0.6 is 0 Å². The summed E-state index contributed by atoms with van der Waals surface area (Å²) in [7, 11) is 1.99. The molecule has 0 heterocycles. The Hall–Kier alpha value is -2.91. The summed E-state index contributed by atoms with van der Waals surface area (Å²) in [6.45, 7) is 0.783. The van der Waals surface area contributed by atoms with Gasteiger partial charge in [-0.05, 0) is 43.1 Å². The van der Waals surface area contributed by atoms with Gasteiger partial charge in [-0.25, -0.2) is 4.79 Å². The van der Waals surface area contributed by atoms with Crippen LogP contribution in [0.3, 0.4) is 0 Å². The normalized spacial score (nSPS) is 11.9. The fourth-order valence-corrected chi connectivity index (χ4v) is 3.04. The highest BCUT2D eigenvalue weighted by Crippen LogP contribution is 2.15. The Morgan fingerprint density at radius 3 is 1.93 bits per heavy atom. The number of nitrogens with zero attached hydrogens (tertiary/aromatic N) is 1. The quantitative estimate of drug-likeness (QED) is 0.442. The lowest BCUT2D eigenvalue weighted by Crippen LogP contribution is -2.43. The largest absolute Gasteiger partial charge is 0.425 e. The van der Waals surface area contributed by atoms with E-state index in [2.05, 4.69) is 17.0 Å². The minimum atomic E-state index is -0.337. The number of carbonyl (C=O) groups excluding carboxylic acids is 1. The molecule has 0 aliphatic rings. The third kappa shape index (κ3) is 5.80. The predicted octanol–water partition coefficient (Wildman–Crippen LogP) is 4.38. The van der Waals surface area contributed by atoms with Crippen molar-refractivity contribution >= 4 is 5.97 Å². The van der Waals surface area contributed by atoms with Crippen molar-refractivity contribution in [2.45, 2.75) is 18.9 Å². The van der Waals surface area contributed by atoms with Crippen molar-refractivity contribution in [3.8, 4) is 5.75 Å². The molecule has 0 spiro atoms. The molecule has 3 nitrogen and oxygen atoms in total. The molecule has 27 heavy (non-hydrogen) atoms. The number of hydrogen-bond acceptors (Lipinski definition) is 3. The van der Waals surface area contributed by atoms with E-state index in [1.807, 2.05) is 73.8 Å². The first-order valence-electron chi connectivity index (χ1n) is 9.27. The van der Waals surface area contributed by atoms with Gasteiger partial charge in [0, 0.05) is 6.54 Å². The molecule has 0 bridgehead atoms. The van der Waals surface area contributed by atoms with Crippen molar-refractivity contribution in [2.75, 3.05) is 13.6 Å². The number of hydrogen-bond donors (Lipinski definition) is 0. The van der Waals surface area contributed by atoms with Crippen LogP contribution in [0.1, 0.15) is 11.1 Å². The molecular formula is C24H25NO2. The summed E-state index contributed by atoms with van der Waals surface area (Å²) >= 11 is 0.